The maximum atomic E-state index is 5.38. The predicted molar refractivity (Wildman–Crippen MR) is 292 cm³/mol. The number of rotatable bonds is 9. The summed E-state index contributed by atoms with van der Waals surface area (Å²) in [4.78, 5) is 10.1. The SMILES string of the molecule is CC(C)Cc1cc(-c2[c-]cccc2)ncc1[Si](C)(C)C.CC(C)c1ccc2cc3c(-c4nc5ccccc5n4-c4c(-c5ccccc5)cc(C(C)(C)C)cc4-c4ccccc4)[c-]sc3cc2c1.[Ir]. The summed E-state index contributed by atoms with van der Waals surface area (Å²) in [7, 11) is -1.34. The van der Waals surface area contributed by atoms with E-state index in [4.69, 9.17) is 4.98 Å². The molecule has 0 spiro atoms. The van der Waals surface area contributed by atoms with Gasteiger partial charge in [0.15, 0.2) is 0 Å². The Morgan fingerprint density at radius 3 is 1.94 bits per heavy atom. The first-order chi connectivity index (χ1) is 32.1. The van der Waals surface area contributed by atoms with E-state index < -0.39 is 8.07 Å². The maximum Gasteiger partial charge on any atom is 0.0798 e. The molecule has 0 N–H and O–H groups in total. The molecular weight excluding hydrogens is 1040 g/mol. The van der Waals surface area contributed by atoms with Crippen LogP contribution in [0.1, 0.15) is 71.1 Å². The molecule has 345 valence electrons. The molecule has 0 aliphatic rings. The fraction of sp³-hybridized carbons (Fsp3) is 0.226. The standard InChI is InChI=1S/C44H37N2S.C18H24NSi.Ir/c1-28(2)31-20-21-32-23-37-38(27-47-41(37)24-33(32)22-31)43-45-39-18-12-13-19-40(39)46(43)42-35(29-14-8-6-9-15-29)25-34(44(3,4)5)26-36(42)30-16-10-7-11-17-30;1-14(2)11-16-12-17(15-9-7-6-8-10-15)19-13-18(16)20(3,4)5;/h6-26,28H,1-5H3;6-9,12-14H,11H2,1-5H3;/q2*-1;. The van der Waals surface area contributed by atoms with Gasteiger partial charge in [-0.1, -0.05) is 199 Å². The Morgan fingerprint density at radius 1 is 0.691 bits per heavy atom. The quantitative estimate of drug-likeness (QED) is 0.107. The van der Waals surface area contributed by atoms with Gasteiger partial charge in [0.25, 0.3) is 0 Å². The second-order valence-corrected chi connectivity index (χ2v) is 26.6. The van der Waals surface area contributed by atoms with E-state index in [0.29, 0.717) is 11.8 Å². The molecule has 68 heavy (non-hydrogen) atoms. The largest absolute Gasteiger partial charge is 0.332 e. The van der Waals surface area contributed by atoms with Gasteiger partial charge in [-0.05, 0) is 91.8 Å². The summed E-state index contributed by atoms with van der Waals surface area (Å²) >= 11 is 1.68. The Labute approximate surface area is 422 Å². The van der Waals surface area contributed by atoms with Crippen LogP contribution in [-0.2, 0) is 31.9 Å². The molecular formula is C62H61IrN3SSi-2. The molecule has 10 rings (SSSR count). The Hall–Kier alpha value is -5.75. The van der Waals surface area contributed by atoms with Gasteiger partial charge in [-0.3, -0.25) is 16.3 Å². The molecule has 0 aliphatic carbocycles. The summed E-state index contributed by atoms with van der Waals surface area (Å²) < 4.78 is 3.62. The van der Waals surface area contributed by atoms with E-state index in [1.165, 1.54) is 65.0 Å². The van der Waals surface area contributed by atoms with E-state index >= 15 is 0 Å². The number of hydrogen-bond acceptors (Lipinski definition) is 3. The number of pyridine rings is 1. The first-order valence-corrected chi connectivity index (χ1v) is 28.1. The average Bonchev–Trinajstić information content (AvgIpc) is 3.91. The Bertz CT molecular complexity index is 3280. The van der Waals surface area contributed by atoms with Crippen molar-refractivity contribution in [2.24, 2.45) is 5.92 Å². The number of para-hydroxylation sites is 2. The van der Waals surface area contributed by atoms with Crippen molar-refractivity contribution in [3.05, 3.63) is 192 Å². The van der Waals surface area contributed by atoms with Crippen molar-refractivity contribution in [2.45, 2.75) is 85.9 Å². The molecule has 10 aromatic rings. The second-order valence-electron chi connectivity index (χ2n) is 20.7. The summed E-state index contributed by atoms with van der Waals surface area (Å²) in [5.41, 5.74) is 15.2. The van der Waals surface area contributed by atoms with E-state index in [0.717, 1.165) is 45.8 Å². The normalized spacial score (nSPS) is 11.9. The number of imidazole rings is 1. The van der Waals surface area contributed by atoms with E-state index in [-0.39, 0.29) is 25.5 Å². The minimum atomic E-state index is -1.34. The molecule has 0 aliphatic heterocycles. The van der Waals surface area contributed by atoms with Crippen LogP contribution in [0.2, 0.25) is 19.6 Å². The number of thiophene rings is 1. The number of aromatic nitrogens is 3. The monoisotopic (exact) mass is 1100 g/mol. The van der Waals surface area contributed by atoms with Crippen LogP contribution in [0.15, 0.2) is 164 Å². The molecule has 7 aromatic carbocycles. The molecule has 6 heteroatoms. The summed E-state index contributed by atoms with van der Waals surface area (Å²) in [6, 6.07) is 60.1. The van der Waals surface area contributed by atoms with Gasteiger partial charge in [0.1, 0.15) is 0 Å². The van der Waals surface area contributed by atoms with Crippen molar-refractivity contribution in [3.63, 3.8) is 0 Å². The van der Waals surface area contributed by atoms with Gasteiger partial charge in [0.05, 0.1) is 30.6 Å². The Kier molecular flexibility index (Phi) is 14.4. The zero-order valence-electron chi connectivity index (χ0n) is 41.0. The van der Waals surface area contributed by atoms with Gasteiger partial charge in [0.2, 0.25) is 0 Å². The Balaban J connectivity index is 0.000000251. The third kappa shape index (κ3) is 10.2. The third-order valence-corrected chi connectivity index (χ3v) is 15.7. The van der Waals surface area contributed by atoms with Crippen LogP contribution in [0, 0.1) is 17.4 Å². The van der Waals surface area contributed by atoms with E-state index in [1.54, 1.807) is 11.3 Å². The third-order valence-electron chi connectivity index (χ3n) is 12.7. The molecule has 0 unspecified atom stereocenters. The summed E-state index contributed by atoms with van der Waals surface area (Å²) in [6.07, 6.45) is 3.24. The first-order valence-electron chi connectivity index (χ1n) is 23.8. The molecule has 0 atom stereocenters. The van der Waals surface area contributed by atoms with E-state index in [9.17, 15) is 0 Å². The van der Waals surface area contributed by atoms with Crippen LogP contribution in [0.5, 0.6) is 0 Å². The zero-order valence-corrected chi connectivity index (χ0v) is 45.2. The number of fused-ring (bicyclic) bond motifs is 3. The second kappa shape index (κ2) is 20.1. The van der Waals surface area contributed by atoms with Crippen LogP contribution >= 0.6 is 11.3 Å². The predicted octanol–water partition coefficient (Wildman–Crippen LogP) is 16.9. The van der Waals surface area contributed by atoms with Crippen molar-refractivity contribution < 1.29 is 20.1 Å². The van der Waals surface area contributed by atoms with Crippen LogP contribution < -0.4 is 5.19 Å². The van der Waals surface area contributed by atoms with Crippen molar-refractivity contribution in [3.8, 4) is 50.6 Å². The van der Waals surface area contributed by atoms with Gasteiger partial charge < -0.3 is 9.55 Å². The summed E-state index contributed by atoms with van der Waals surface area (Å²) in [5, 5.41) is 8.91. The minimum absolute atomic E-state index is 0. The molecule has 0 amide bonds. The molecule has 0 bridgehead atoms. The fourth-order valence-corrected chi connectivity index (χ4v) is 11.6. The van der Waals surface area contributed by atoms with Crippen molar-refractivity contribution in [1.29, 1.82) is 0 Å². The first kappa shape index (κ1) is 48.7. The van der Waals surface area contributed by atoms with E-state index in [1.807, 2.05) is 18.2 Å². The number of nitrogens with zero attached hydrogens (tertiary/aromatic N) is 3. The summed E-state index contributed by atoms with van der Waals surface area (Å²) in [6.45, 7) is 23.1. The fourth-order valence-electron chi connectivity index (χ4n) is 9.15. The van der Waals surface area contributed by atoms with Gasteiger partial charge in [0, 0.05) is 37.4 Å². The average molecular weight is 1100 g/mol. The minimum Gasteiger partial charge on any atom is -0.332 e. The topological polar surface area (TPSA) is 30.7 Å². The van der Waals surface area contributed by atoms with Crippen LogP contribution in [0.3, 0.4) is 0 Å². The van der Waals surface area contributed by atoms with Gasteiger partial charge in [-0.15, -0.1) is 41.3 Å². The molecule has 3 aromatic heterocycles. The molecule has 3 nitrogen and oxygen atoms in total. The van der Waals surface area contributed by atoms with Crippen LogP contribution in [0.4, 0.5) is 0 Å². The van der Waals surface area contributed by atoms with E-state index in [2.05, 4.69) is 235 Å². The zero-order chi connectivity index (χ0) is 47.0. The summed E-state index contributed by atoms with van der Waals surface area (Å²) in [5.74, 6) is 2.07. The smallest absolute Gasteiger partial charge is 0.0798 e. The maximum absolute atomic E-state index is 5.38. The van der Waals surface area contributed by atoms with Crippen LogP contribution in [-0.4, -0.2) is 22.6 Å². The van der Waals surface area contributed by atoms with Gasteiger partial charge in [-0.25, -0.2) is 0 Å². The molecule has 1 radical (unpaired) electrons. The van der Waals surface area contributed by atoms with Crippen molar-refractivity contribution in [1.82, 2.24) is 14.5 Å². The van der Waals surface area contributed by atoms with Gasteiger partial charge >= 0.3 is 0 Å². The number of benzene rings is 7. The Morgan fingerprint density at radius 2 is 1.34 bits per heavy atom. The van der Waals surface area contributed by atoms with Gasteiger partial charge in [-0.2, -0.15) is 0 Å². The van der Waals surface area contributed by atoms with Crippen LogP contribution in [0.25, 0.3) is 82.5 Å². The molecule has 0 saturated heterocycles. The molecule has 0 saturated carbocycles. The molecule has 3 heterocycles. The van der Waals surface area contributed by atoms with Crippen molar-refractivity contribution >= 4 is 56.5 Å². The number of hydrogen-bond donors (Lipinski definition) is 0. The molecule has 0 fully saturated rings. The van der Waals surface area contributed by atoms with Crippen molar-refractivity contribution in [2.75, 3.05) is 0 Å².